The third-order valence-corrected chi connectivity index (χ3v) is 6.14. The summed E-state index contributed by atoms with van der Waals surface area (Å²) in [5.41, 5.74) is 0.447. The van der Waals surface area contributed by atoms with Crippen LogP contribution in [-0.2, 0) is 22.6 Å². The van der Waals surface area contributed by atoms with Crippen LogP contribution < -0.4 is 5.32 Å². The standard InChI is InChI=1S/C22H21ClFN3O3/c23-18-4-2-1-3-16(18)13-19(28)26-11-9-22(10-12-26)20(29)27(21(30)25-22)14-15-5-7-17(24)8-6-15/h1-8H,9-14H2,(H,25,30). The molecular weight excluding hydrogens is 409 g/mol. The maximum atomic E-state index is 13.1. The Hall–Kier alpha value is -2.93. The SMILES string of the molecule is O=C(Cc1ccccc1Cl)N1CCC2(CC1)NC(=O)N(Cc1ccc(F)cc1)C2=O. The average Bonchev–Trinajstić information content (AvgIpc) is 2.96. The summed E-state index contributed by atoms with van der Waals surface area (Å²) < 4.78 is 13.1. The highest BCUT2D eigenvalue weighted by molar-refractivity contribution is 6.31. The average molecular weight is 430 g/mol. The Labute approximate surface area is 178 Å². The van der Waals surface area contributed by atoms with Crippen LogP contribution >= 0.6 is 11.6 Å². The van der Waals surface area contributed by atoms with Crippen LogP contribution in [-0.4, -0.2) is 46.3 Å². The Balaban J connectivity index is 1.39. The van der Waals surface area contributed by atoms with Gasteiger partial charge in [0, 0.05) is 18.1 Å². The molecule has 0 unspecified atom stereocenters. The van der Waals surface area contributed by atoms with Gasteiger partial charge in [0.25, 0.3) is 5.91 Å². The normalized spacial score (nSPS) is 18.1. The van der Waals surface area contributed by atoms with E-state index in [-0.39, 0.29) is 30.6 Å². The van der Waals surface area contributed by atoms with E-state index in [1.54, 1.807) is 23.1 Å². The third-order valence-electron chi connectivity index (χ3n) is 5.77. The predicted octanol–water partition coefficient (Wildman–Crippen LogP) is 3.13. The Morgan fingerprint density at radius 3 is 2.40 bits per heavy atom. The van der Waals surface area contributed by atoms with Crippen LogP contribution in [0.3, 0.4) is 0 Å². The first kappa shape index (κ1) is 20.3. The summed E-state index contributed by atoms with van der Waals surface area (Å²) in [7, 11) is 0. The fraction of sp³-hybridized carbons (Fsp3) is 0.318. The number of likely N-dealkylation sites (tertiary alicyclic amines) is 1. The van der Waals surface area contributed by atoms with E-state index >= 15 is 0 Å². The first-order chi connectivity index (χ1) is 14.4. The molecule has 2 aromatic rings. The smallest absolute Gasteiger partial charge is 0.325 e. The highest BCUT2D eigenvalue weighted by Crippen LogP contribution is 2.31. The second-order valence-electron chi connectivity index (χ2n) is 7.68. The van der Waals surface area contributed by atoms with E-state index in [1.165, 1.54) is 12.1 Å². The number of piperidine rings is 1. The van der Waals surface area contributed by atoms with Crippen molar-refractivity contribution >= 4 is 29.4 Å². The molecule has 2 aliphatic heterocycles. The van der Waals surface area contributed by atoms with Crippen molar-refractivity contribution in [3.63, 3.8) is 0 Å². The molecule has 0 atom stereocenters. The van der Waals surface area contributed by atoms with E-state index in [1.807, 2.05) is 18.2 Å². The number of amides is 4. The molecule has 0 aromatic heterocycles. The molecule has 6 nitrogen and oxygen atoms in total. The Morgan fingerprint density at radius 1 is 1.07 bits per heavy atom. The monoisotopic (exact) mass is 429 g/mol. The van der Waals surface area contributed by atoms with Gasteiger partial charge < -0.3 is 10.2 Å². The maximum Gasteiger partial charge on any atom is 0.325 e. The number of hydrogen-bond donors (Lipinski definition) is 1. The number of carbonyl (C=O) groups excluding carboxylic acids is 3. The van der Waals surface area contributed by atoms with Gasteiger partial charge in [-0.3, -0.25) is 14.5 Å². The van der Waals surface area contributed by atoms with Gasteiger partial charge in [0.05, 0.1) is 13.0 Å². The summed E-state index contributed by atoms with van der Waals surface area (Å²) in [6, 6.07) is 12.5. The first-order valence-corrected chi connectivity index (χ1v) is 10.2. The van der Waals surface area contributed by atoms with Gasteiger partial charge in [-0.15, -0.1) is 0 Å². The molecule has 4 amide bonds. The van der Waals surface area contributed by atoms with Crippen molar-refractivity contribution in [3.8, 4) is 0 Å². The van der Waals surface area contributed by atoms with Crippen molar-refractivity contribution in [1.29, 1.82) is 0 Å². The van der Waals surface area contributed by atoms with E-state index in [2.05, 4.69) is 5.32 Å². The fourth-order valence-corrected chi connectivity index (χ4v) is 4.19. The quantitative estimate of drug-likeness (QED) is 0.759. The van der Waals surface area contributed by atoms with Gasteiger partial charge in [-0.25, -0.2) is 9.18 Å². The highest BCUT2D eigenvalue weighted by Gasteiger charge is 2.52. The van der Waals surface area contributed by atoms with Gasteiger partial charge in [-0.05, 0) is 42.2 Å². The number of hydrogen-bond acceptors (Lipinski definition) is 3. The van der Waals surface area contributed by atoms with E-state index in [0.29, 0.717) is 36.5 Å². The Bertz CT molecular complexity index is 987. The largest absolute Gasteiger partial charge is 0.342 e. The Kier molecular flexibility index (Phi) is 5.47. The minimum Gasteiger partial charge on any atom is -0.342 e. The van der Waals surface area contributed by atoms with E-state index in [4.69, 9.17) is 11.6 Å². The van der Waals surface area contributed by atoms with Gasteiger partial charge in [-0.1, -0.05) is 41.9 Å². The number of nitrogens with zero attached hydrogens (tertiary/aromatic N) is 2. The van der Waals surface area contributed by atoms with Crippen molar-refractivity contribution in [2.45, 2.75) is 31.3 Å². The minimum atomic E-state index is -0.988. The number of imide groups is 1. The number of carbonyl (C=O) groups is 3. The molecule has 0 saturated carbocycles. The molecule has 8 heteroatoms. The number of urea groups is 1. The number of nitrogens with one attached hydrogen (secondary N) is 1. The van der Waals surface area contributed by atoms with Gasteiger partial charge in [-0.2, -0.15) is 0 Å². The van der Waals surface area contributed by atoms with E-state index in [0.717, 1.165) is 10.5 Å². The summed E-state index contributed by atoms with van der Waals surface area (Å²) in [5, 5.41) is 3.37. The molecule has 0 aliphatic carbocycles. The van der Waals surface area contributed by atoms with Gasteiger partial charge in [0.2, 0.25) is 5.91 Å². The summed E-state index contributed by atoms with van der Waals surface area (Å²) in [5.74, 6) is -0.728. The van der Waals surface area contributed by atoms with Crippen LogP contribution in [0.4, 0.5) is 9.18 Å². The van der Waals surface area contributed by atoms with Crippen LogP contribution in [0.2, 0.25) is 5.02 Å². The first-order valence-electron chi connectivity index (χ1n) is 9.78. The van der Waals surface area contributed by atoms with Gasteiger partial charge in [0.15, 0.2) is 0 Å². The van der Waals surface area contributed by atoms with Crippen LogP contribution in [0.15, 0.2) is 48.5 Å². The second kappa shape index (κ2) is 8.07. The van der Waals surface area contributed by atoms with Crippen molar-refractivity contribution < 1.29 is 18.8 Å². The minimum absolute atomic E-state index is 0.0575. The lowest BCUT2D eigenvalue weighted by molar-refractivity contribution is -0.138. The zero-order chi connectivity index (χ0) is 21.3. The predicted molar refractivity (Wildman–Crippen MR) is 109 cm³/mol. The number of rotatable bonds is 4. The summed E-state index contributed by atoms with van der Waals surface area (Å²) >= 11 is 6.14. The molecule has 0 bridgehead atoms. The lowest BCUT2D eigenvalue weighted by Crippen LogP contribution is -2.56. The third kappa shape index (κ3) is 3.89. The van der Waals surface area contributed by atoms with Crippen molar-refractivity contribution in [2.24, 2.45) is 0 Å². The Morgan fingerprint density at radius 2 is 1.73 bits per heavy atom. The summed E-state index contributed by atoms with van der Waals surface area (Å²) in [6.45, 7) is 0.835. The van der Waals surface area contributed by atoms with Crippen molar-refractivity contribution in [1.82, 2.24) is 15.1 Å². The lowest BCUT2D eigenvalue weighted by atomic mass is 9.87. The van der Waals surface area contributed by atoms with Crippen LogP contribution in [0.5, 0.6) is 0 Å². The highest BCUT2D eigenvalue weighted by atomic mass is 35.5. The maximum absolute atomic E-state index is 13.1. The number of halogens is 2. The second-order valence-corrected chi connectivity index (χ2v) is 8.09. The molecule has 156 valence electrons. The zero-order valence-corrected chi connectivity index (χ0v) is 17.0. The molecule has 1 N–H and O–H groups in total. The molecule has 2 aliphatic rings. The lowest BCUT2D eigenvalue weighted by Gasteiger charge is -2.37. The van der Waals surface area contributed by atoms with Crippen LogP contribution in [0.25, 0.3) is 0 Å². The zero-order valence-electron chi connectivity index (χ0n) is 16.2. The molecule has 4 rings (SSSR count). The molecular formula is C22H21ClFN3O3. The molecule has 2 heterocycles. The molecule has 1 spiro atoms. The molecule has 2 saturated heterocycles. The summed E-state index contributed by atoms with van der Waals surface area (Å²) in [6.07, 6.45) is 0.904. The van der Waals surface area contributed by atoms with Crippen LogP contribution in [0, 0.1) is 5.82 Å². The van der Waals surface area contributed by atoms with Gasteiger partial charge >= 0.3 is 6.03 Å². The molecule has 2 aromatic carbocycles. The molecule has 2 fully saturated rings. The molecule has 0 radical (unpaired) electrons. The molecule has 30 heavy (non-hydrogen) atoms. The fourth-order valence-electron chi connectivity index (χ4n) is 3.99. The van der Waals surface area contributed by atoms with Crippen molar-refractivity contribution in [3.05, 3.63) is 70.5 Å². The summed E-state index contributed by atoms with van der Waals surface area (Å²) in [4.78, 5) is 41.0. The van der Waals surface area contributed by atoms with Crippen LogP contribution in [0.1, 0.15) is 24.0 Å². The van der Waals surface area contributed by atoms with Crippen molar-refractivity contribution in [2.75, 3.05) is 13.1 Å². The topological polar surface area (TPSA) is 69.7 Å². The number of benzene rings is 2. The van der Waals surface area contributed by atoms with Gasteiger partial charge in [0.1, 0.15) is 11.4 Å². The van der Waals surface area contributed by atoms with E-state index in [9.17, 15) is 18.8 Å². The van der Waals surface area contributed by atoms with E-state index < -0.39 is 11.6 Å².